The number of nitrogens with zero attached hydrogens (tertiary/aromatic N) is 1. The first-order chi connectivity index (χ1) is 10.2. The van der Waals surface area contributed by atoms with Crippen LogP contribution in [0, 0.1) is 0 Å². The molecule has 0 radical (unpaired) electrons. The van der Waals surface area contributed by atoms with E-state index in [-0.39, 0.29) is 6.61 Å². The van der Waals surface area contributed by atoms with E-state index < -0.39 is 6.09 Å². The first kappa shape index (κ1) is 16.8. The van der Waals surface area contributed by atoms with Crippen LogP contribution in [-0.4, -0.2) is 31.7 Å². The zero-order valence-electron chi connectivity index (χ0n) is 12.5. The molecule has 0 saturated heterocycles. The van der Waals surface area contributed by atoms with Crippen molar-refractivity contribution in [2.45, 2.75) is 26.9 Å². The quantitative estimate of drug-likeness (QED) is 0.346. The average Bonchev–Trinajstić information content (AvgIpc) is 2.50. The van der Waals surface area contributed by atoms with Crippen LogP contribution >= 0.6 is 0 Å². The Morgan fingerprint density at radius 3 is 2.71 bits per heavy atom. The minimum absolute atomic E-state index is 0.265. The monoisotopic (exact) mass is 294 g/mol. The van der Waals surface area contributed by atoms with Crippen molar-refractivity contribution < 1.29 is 19.1 Å². The molecule has 1 aromatic rings. The van der Waals surface area contributed by atoms with Crippen LogP contribution in [0.2, 0.25) is 0 Å². The van der Waals surface area contributed by atoms with E-state index in [0.717, 1.165) is 5.56 Å². The van der Waals surface area contributed by atoms with Gasteiger partial charge in [-0.2, -0.15) is 0 Å². The van der Waals surface area contributed by atoms with Crippen LogP contribution in [0.1, 0.15) is 25.8 Å². The van der Waals surface area contributed by atoms with Crippen molar-refractivity contribution in [3.05, 3.63) is 35.9 Å². The molecule has 0 saturated carbocycles. The molecule has 21 heavy (non-hydrogen) atoms. The summed E-state index contributed by atoms with van der Waals surface area (Å²) >= 11 is 0. The molecule has 1 rings (SSSR count). The lowest BCUT2D eigenvalue weighted by Gasteiger charge is -2.07. The number of nitrogens with one attached hydrogen (secondary N) is 1. The molecular weight excluding hydrogens is 272 g/mol. The minimum Gasteiger partial charge on any atom is -0.479 e. The molecule has 116 valence electrons. The number of benzene rings is 1. The van der Waals surface area contributed by atoms with Crippen LogP contribution < -0.4 is 5.32 Å². The average molecular weight is 294 g/mol. The van der Waals surface area contributed by atoms with Gasteiger partial charge in [-0.25, -0.2) is 4.79 Å². The van der Waals surface area contributed by atoms with Gasteiger partial charge < -0.3 is 19.6 Å². The fourth-order valence-electron chi connectivity index (χ4n) is 1.47. The van der Waals surface area contributed by atoms with E-state index in [2.05, 4.69) is 10.5 Å². The Labute approximate surface area is 125 Å². The molecule has 0 aromatic heterocycles. The van der Waals surface area contributed by atoms with Gasteiger partial charge in [0.05, 0.1) is 6.61 Å². The number of oxime groups is 1. The van der Waals surface area contributed by atoms with Crippen molar-refractivity contribution in [1.29, 1.82) is 0 Å². The van der Waals surface area contributed by atoms with Gasteiger partial charge in [0, 0.05) is 19.9 Å². The predicted octanol–water partition coefficient (Wildman–Crippen LogP) is 2.69. The molecule has 0 unspecified atom stereocenters. The number of carbonyl (C=O) groups excluding carboxylic acids is 1. The van der Waals surface area contributed by atoms with E-state index in [4.69, 9.17) is 14.3 Å². The van der Waals surface area contributed by atoms with Gasteiger partial charge in [0.1, 0.15) is 13.2 Å². The molecule has 0 spiro atoms. The number of amides is 1. The summed E-state index contributed by atoms with van der Waals surface area (Å²) in [6, 6.07) is 9.52. The van der Waals surface area contributed by atoms with Crippen molar-refractivity contribution in [3.8, 4) is 0 Å². The Hall–Kier alpha value is -2.24. The maximum absolute atomic E-state index is 11.4. The van der Waals surface area contributed by atoms with Gasteiger partial charge in [-0.05, 0) is 12.5 Å². The largest absolute Gasteiger partial charge is 0.479 e. The molecule has 0 heterocycles. The summed E-state index contributed by atoms with van der Waals surface area (Å²) in [5.74, 6) is 0.493. The highest BCUT2D eigenvalue weighted by Gasteiger charge is 2.01. The highest BCUT2D eigenvalue weighted by molar-refractivity contribution is 5.72. The first-order valence-electron chi connectivity index (χ1n) is 6.96. The molecule has 6 heteroatoms. The Kier molecular flexibility index (Phi) is 8.44. The third-order valence-electron chi connectivity index (χ3n) is 2.44. The molecule has 0 bridgehead atoms. The highest BCUT2D eigenvalue weighted by Crippen LogP contribution is 2.00. The van der Waals surface area contributed by atoms with E-state index in [9.17, 15) is 4.79 Å². The van der Waals surface area contributed by atoms with E-state index in [1.165, 1.54) is 0 Å². The van der Waals surface area contributed by atoms with Crippen molar-refractivity contribution in [1.82, 2.24) is 5.32 Å². The lowest BCUT2D eigenvalue weighted by atomic mass is 10.2. The predicted molar refractivity (Wildman–Crippen MR) is 79.9 cm³/mol. The number of hydrogen-bond donors (Lipinski definition) is 1. The van der Waals surface area contributed by atoms with Crippen LogP contribution in [-0.2, 0) is 20.9 Å². The summed E-state index contributed by atoms with van der Waals surface area (Å²) in [5, 5.41) is 6.40. The Morgan fingerprint density at radius 2 is 2.00 bits per heavy atom. The summed E-state index contributed by atoms with van der Waals surface area (Å²) in [4.78, 5) is 16.5. The Morgan fingerprint density at radius 1 is 1.24 bits per heavy atom. The summed E-state index contributed by atoms with van der Waals surface area (Å²) < 4.78 is 10.2. The van der Waals surface area contributed by atoms with Gasteiger partial charge in [-0.15, -0.1) is 0 Å². The minimum atomic E-state index is -0.437. The van der Waals surface area contributed by atoms with Crippen LogP contribution in [0.5, 0.6) is 0 Å². The summed E-state index contributed by atoms with van der Waals surface area (Å²) in [7, 11) is 0. The van der Waals surface area contributed by atoms with Gasteiger partial charge in [-0.1, -0.05) is 35.5 Å². The van der Waals surface area contributed by atoms with Crippen molar-refractivity contribution in [2.24, 2.45) is 5.16 Å². The maximum atomic E-state index is 11.4. The molecule has 0 aliphatic rings. The van der Waals surface area contributed by atoms with Gasteiger partial charge in [0.15, 0.2) is 0 Å². The zero-order valence-corrected chi connectivity index (χ0v) is 12.5. The summed E-state index contributed by atoms with van der Waals surface area (Å²) in [6.45, 7) is 5.31. The van der Waals surface area contributed by atoms with Crippen molar-refractivity contribution in [3.63, 3.8) is 0 Å². The highest BCUT2D eigenvalue weighted by atomic mass is 16.6. The fraction of sp³-hybridized carbons (Fsp3) is 0.467. The topological polar surface area (TPSA) is 69.2 Å². The molecule has 0 aliphatic heterocycles. The van der Waals surface area contributed by atoms with Gasteiger partial charge in [0.2, 0.25) is 5.90 Å². The van der Waals surface area contributed by atoms with Crippen LogP contribution in [0.15, 0.2) is 35.5 Å². The van der Waals surface area contributed by atoms with E-state index in [1.54, 1.807) is 6.92 Å². The smallest absolute Gasteiger partial charge is 0.407 e. The van der Waals surface area contributed by atoms with Crippen molar-refractivity contribution in [2.75, 3.05) is 19.8 Å². The first-order valence-corrected chi connectivity index (χ1v) is 6.96. The Bertz CT molecular complexity index is 435. The number of carbonyl (C=O) groups is 1. The molecule has 1 amide bonds. The molecular formula is C15H22N2O4. The second-order valence-corrected chi connectivity index (χ2v) is 4.22. The molecule has 0 fully saturated rings. The normalized spacial score (nSPS) is 10.9. The number of alkyl carbamates (subject to hydrolysis) is 1. The lowest BCUT2D eigenvalue weighted by molar-refractivity contribution is 0.123. The fourth-order valence-corrected chi connectivity index (χ4v) is 1.47. The molecule has 1 N–H and O–H groups in total. The lowest BCUT2D eigenvalue weighted by Crippen LogP contribution is -2.25. The summed E-state index contributed by atoms with van der Waals surface area (Å²) in [5.41, 5.74) is 0.955. The van der Waals surface area contributed by atoms with Gasteiger partial charge in [-0.3, -0.25) is 0 Å². The SMILES string of the molecule is CCOC(C)=NOCCCNC(=O)OCc1ccccc1. The van der Waals surface area contributed by atoms with E-state index in [1.807, 2.05) is 37.3 Å². The Balaban J connectivity index is 2.02. The zero-order chi connectivity index (χ0) is 15.3. The molecule has 6 nitrogen and oxygen atoms in total. The summed E-state index contributed by atoms with van der Waals surface area (Å²) in [6.07, 6.45) is 0.205. The van der Waals surface area contributed by atoms with E-state index in [0.29, 0.717) is 32.1 Å². The van der Waals surface area contributed by atoms with Crippen LogP contribution in [0.25, 0.3) is 0 Å². The van der Waals surface area contributed by atoms with Gasteiger partial charge in [0.25, 0.3) is 0 Å². The third-order valence-corrected chi connectivity index (χ3v) is 2.44. The standard InChI is InChI=1S/C15H22N2O4/c1-3-19-13(2)17-21-11-7-10-16-15(18)20-12-14-8-5-4-6-9-14/h4-6,8-9H,3,7,10-12H2,1-2H3,(H,16,18). The van der Waals surface area contributed by atoms with Crippen LogP contribution in [0.3, 0.4) is 0 Å². The third kappa shape index (κ3) is 8.52. The molecule has 1 aromatic carbocycles. The number of ether oxygens (including phenoxy) is 2. The van der Waals surface area contributed by atoms with Gasteiger partial charge >= 0.3 is 6.09 Å². The molecule has 0 aliphatic carbocycles. The number of hydrogen-bond acceptors (Lipinski definition) is 5. The second-order valence-electron chi connectivity index (χ2n) is 4.22. The van der Waals surface area contributed by atoms with Crippen LogP contribution in [0.4, 0.5) is 4.79 Å². The molecule has 0 atom stereocenters. The maximum Gasteiger partial charge on any atom is 0.407 e. The number of rotatable bonds is 8. The second kappa shape index (κ2) is 10.5. The van der Waals surface area contributed by atoms with E-state index >= 15 is 0 Å². The van der Waals surface area contributed by atoms with Crippen molar-refractivity contribution >= 4 is 12.0 Å².